The number of hydrogen-bond donors (Lipinski definition) is 2. The Hall–Kier alpha value is -2.54. The highest BCUT2D eigenvalue weighted by molar-refractivity contribution is 7.19. The predicted molar refractivity (Wildman–Crippen MR) is 124 cm³/mol. The third-order valence-corrected chi connectivity index (χ3v) is 7.13. The van der Waals surface area contributed by atoms with Crippen LogP contribution in [0.3, 0.4) is 0 Å². The van der Waals surface area contributed by atoms with E-state index in [1.807, 2.05) is 29.7 Å². The number of nitrogens with zero attached hydrogens (tertiary/aromatic N) is 2. The maximum absolute atomic E-state index is 11.7. The van der Waals surface area contributed by atoms with Gasteiger partial charge in [0.15, 0.2) is 0 Å². The third kappa shape index (κ3) is 4.31. The number of nitrogens with one attached hydrogen (secondary N) is 2. The van der Waals surface area contributed by atoms with Crippen LogP contribution in [0.25, 0.3) is 21.0 Å². The first-order valence-corrected chi connectivity index (χ1v) is 11.5. The zero-order valence-corrected chi connectivity index (χ0v) is 17.8. The van der Waals surface area contributed by atoms with Crippen molar-refractivity contribution in [1.29, 1.82) is 0 Å². The van der Waals surface area contributed by atoms with Crippen molar-refractivity contribution in [2.24, 2.45) is 0 Å². The first kappa shape index (κ1) is 19.4. The number of H-pyrrole nitrogens is 1. The first-order valence-electron chi connectivity index (χ1n) is 10.6. The zero-order chi connectivity index (χ0) is 20.3. The smallest absolute Gasteiger partial charge is 0.248 e. The van der Waals surface area contributed by atoms with E-state index in [0.29, 0.717) is 6.04 Å². The van der Waals surface area contributed by atoms with Gasteiger partial charge in [-0.25, -0.2) is 0 Å². The van der Waals surface area contributed by atoms with Gasteiger partial charge in [0.05, 0.1) is 11.2 Å². The molecule has 0 amide bonds. The topological polar surface area (TPSA) is 61.0 Å². The summed E-state index contributed by atoms with van der Waals surface area (Å²) in [6.07, 6.45) is 5.03. The Kier molecular flexibility index (Phi) is 5.62. The van der Waals surface area contributed by atoms with E-state index in [1.54, 1.807) is 6.07 Å². The number of likely N-dealkylation sites (tertiary alicyclic amines) is 1. The molecule has 1 aliphatic rings. The van der Waals surface area contributed by atoms with Crippen LogP contribution in [-0.2, 0) is 13.0 Å². The van der Waals surface area contributed by atoms with Gasteiger partial charge >= 0.3 is 0 Å². The van der Waals surface area contributed by atoms with E-state index in [-0.39, 0.29) is 5.56 Å². The Morgan fingerprint density at radius 2 is 1.97 bits per heavy atom. The van der Waals surface area contributed by atoms with Gasteiger partial charge in [-0.15, -0.1) is 11.3 Å². The lowest BCUT2D eigenvalue weighted by molar-refractivity contribution is 0.199. The normalized spacial score (nSPS) is 15.9. The lowest BCUT2D eigenvalue weighted by atomic mass is 10.0. The Balaban J connectivity index is 1.12. The van der Waals surface area contributed by atoms with Crippen LogP contribution in [0.4, 0.5) is 0 Å². The molecule has 3 aromatic heterocycles. The molecule has 5 rings (SSSR count). The van der Waals surface area contributed by atoms with Crippen LogP contribution in [0.2, 0.25) is 0 Å². The van der Waals surface area contributed by atoms with E-state index >= 15 is 0 Å². The fourth-order valence-electron chi connectivity index (χ4n) is 4.32. The van der Waals surface area contributed by atoms with Gasteiger partial charge in [0.2, 0.25) is 5.56 Å². The number of aromatic nitrogens is 2. The quantitative estimate of drug-likeness (QED) is 0.498. The number of fused-ring (bicyclic) bond motifs is 2. The van der Waals surface area contributed by atoms with Gasteiger partial charge in [0.25, 0.3) is 0 Å². The molecule has 1 fully saturated rings. The summed E-state index contributed by atoms with van der Waals surface area (Å²) < 4.78 is 1.37. The second kappa shape index (κ2) is 8.68. The number of piperidine rings is 1. The summed E-state index contributed by atoms with van der Waals surface area (Å²) in [4.78, 5) is 23.1. The van der Waals surface area contributed by atoms with E-state index in [0.717, 1.165) is 49.2 Å². The summed E-state index contributed by atoms with van der Waals surface area (Å²) in [5, 5.41) is 6.15. The van der Waals surface area contributed by atoms with E-state index in [1.165, 1.54) is 27.8 Å². The predicted octanol–water partition coefficient (Wildman–Crippen LogP) is 3.93. The van der Waals surface area contributed by atoms with Crippen molar-refractivity contribution in [3.8, 4) is 0 Å². The van der Waals surface area contributed by atoms with Crippen LogP contribution >= 0.6 is 11.3 Å². The standard InChI is InChI=1S/C24H26N4OS/c29-23-6-5-17-7-11-25-21(24(17)27-23)10-14-28-12-8-19(9-13-28)26-16-20-15-18-3-1-2-4-22(18)30-20/h1-7,11,15,19,26H,8-10,12-14,16H2,(H,27,29). The molecule has 0 bridgehead atoms. The summed E-state index contributed by atoms with van der Waals surface area (Å²) >= 11 is 1.89. The SMILES string of the molecule is O=c1ccc2ccnc(CCN3CCC(NCc4cc5ccccc5s4)CC3)c2[nH]1. The minimum atomic E-state index is -0.0673. The molecule has 4 heterocycles. The molecule has 0 unspecified atom stereocenters. The maximum atomic E-state index is 11.7. The number of rotatable bonds is 6. The number of thiophene rings is 1. The number of hydrogen-bond acceptors (Lipinski definition) is 5. The molecule has 1 saturated heterocycles. The summed E-state index contributed by atoms with van der Waals surface area (Å²) in [5.41, 5.74) is 1.79. The molecule has 30 heavy (non-hydrogen) atoms. The minimum absolute atomic E-state index is 0.0673. The fraction of sp³-hybridized carbons (Fsp3) is 0.333. The molecule has 0 saturated carbocycles. The van der Waals surface area contributed by atoms with Gasteiger partial charge in [0.1, 0.15) is 0 Å². The zero-order valence-electron chi connectivity index (χ0n) is 16.9. The van der Waals surface area contributed by atoms with Crippen molar-refractivity contribution in [3.63, 3.8) is 0 Å². The molecule has 154 valence electrons. The van der Waals surface area contributed by atoms with Crippen LogP contribution in [0.5, 0.6) is 0 Å². The third-order valence-electron chi connectivity index (χ3n) is 6.02. The molecule has 6 heteroatoms. The molecule has 4 aromatic rings. The van der Waals surface area contributed by atoms with E-state index in [2.05, 4.69) is 50.5 Å². The lowest BCUT2D eigenvalue weighted by Crippen LogP contribution is -2.42. The van der Waals surface area contributed by atoms with Crippen LogP contribution in [0.15, 0.2) is 59.5 Å². The van der Waals surface area contributed by atoms with Crippen molar-refractivity contribution in [3.05, 3.63) is 75.7 Å². The minimum Gasteiger partial charge on any atom is -0.320 e. The largest absolute Gasteiger partial charge is 0.320 e. The van der Waals surface area contributed by atoms with Crippen molar-refractivity contribution >= 4 is 32.3 Å². The van der Waals surface area contributed by atoms with E-state index in [4.69, 9.17) is 0 Å². The second-order valence-corrected chi connectivity index (χ2v) is 9.21. The molecule has 0 aliphatic carbocycles. The van der Waals surface area contributed by atoms with Crippen LogP contribution in [0, 0.1) is 0 Å². The number of pyridine rings is 2. The molecule has 0 radical (unpaired) electrons. The second-order valence-electron chi connectivity index (χ2n) is 8.04. The molecule has 1 aliphatic heterocycles. The van der Waals surface area contributed by atoms with Crippen LogP contribution in [-0.4, -0.2) is 40.5 Å². The van der Waals surface area contributed by atoms with Gasteiger partial charge in [-0.3, -0.25) is 9.78 Å². The molecule has 2 N–H and O–H groups in total. The number of benzene rings is 1. The molecular formula is C24H26N4OS. The average Bonchev–Trinajstić information content (AvgIpc) is 3.20. The molecule has 5 nitrogen and oxygen atoms in total. The van der Waals surface area contributed by atoms with Gasteiger partial charge < -0.3 is 15.2 Å². The summed E-state index contributed by atoms with van der Waals surface area (Å²) in [6.45, 7) is 4.14. The maximum Gasteiger partial charge on any atom is 0.248 e. The Bertz CT molecular complexity index is 1170. The Morgan fingerprint density at radius 1 is 1.10 bits per heavy atom. The van der Waals surface area contributed by atoms with E-state index in [9.17, 15) is 4.79 Å². The van der Waals surface area contributed by atoms with Crippen LogP contribution in [0.1, 0.15) is 23.4 Å². The first-order chi connectivity index (χ1) is 14.7. The molecule has 0 atom stereocenters. The van der Waals surface area contributed by atoms with Gasteiger partial charge in [-0.1, -0.05) is 18.2 Å². The summed E-state index contributed by atoms with van der Waals surface area (Å²) in [5.74, 6) is 0. The Morgan fingerprint density at radius 3 is 2.83 bits per heavy atom. The fourth-order valence-corrected chi connectivity index (χ4v) is 5.33. The molecular weight excluding hydrogens is 392 g/mol. The Labute approximate surface area is 179 Å². The highest BCUT2D eigenvalue weighted by Gasteiger charge is 2.19. The lowest BCUT2D eigenvalue weighted by Gasteiger charge is -2.32. The molecule has 1 aromatic carbocycles. The van der Waals surface area contributed by atoms with Crippen molar-refractivity contribution < 1.29 is 0 Å². The van der Waals surface area contributed by atoms with Crippen molar-refractivity contribution in [1.82, 2.24) is 20.2 Å². The average molecular weight is 419 g/mol. The monoisotopic (exact) mass is 418 g/mol. The van der Waals surface area contributed by atoms with Crippen molar-refractivity contribution in [2.45, 2.75) is 31.8 Å². The van der Waals surface area contributed by atoms with Gasteiger partial charge in [-0.2, -0.15) is 0 Å². The van der Waals surface area contributed by atoms with Crippen LogP contribution < -0.4 is 10.9 Å². The highest BCUT2D eigenvalue weighted by Crippen LogP contribution is 2.25. The summed E-state index contributed by atoms with van der Waals surface area (Å²) in [6, 6.07) is 16.9. The van der Waals surface area contributed by atoms with E-state index < -0.39 is 0 Å². The highest BCUT2D eigenvalue weighted by atomic mass is 32.1. The molecule has 0 spiro atoms. The van der Waals surface area contributed by atoms with Gasteiger partial charge in [-0.05, 0) is 55.6 Å². The number of aromatic amines is 1. The summed E-state index contributed by atoms with van der Waals surface area (Å²) in [7, 11) is 0. The van der Waals surface area contributed by atoms with Crippen molar-refractivity contribution in [2.75, 3.05) is 19.6 Å². The van der Waals surface area contributed by atoms with Gasteiger partial charge in [0, 0.05) is 52.8 Å².